The van der Waals surface area contributed by atoms with Crippen molar-refractivity contribution in [1.29, 1.82) is 0 Å². The molecule has 2 aliphatic carbocycles. The average molecular weight is 506 g/mol. The van der Waals surface area contributed by atoms with Crippen LogP contribution in [0.25, 0.3) is 11.1 Å². The predicted octanol–water partition coefficient (Wildman–Crippen LogP) is 5.37. The zero-order valence-electron chi connectivity index (χ0n) is 21.5. The molecule has 4 N–H and O–H groups in total. The highest BCUT2D eigenvalue weighted by atomic mass is 16.6. The van der Waals surface area contributed by atoms with Crippen LogP contribution in [0.2, 0.25) is 0 Å². The lowest BCUT2D eigenvalue weighted by Crippen LogP contribution is -2.37. The number of nitrogens with one attached hydrogen (secondary N) is 2. The Morgan fingerprint density at radius 1 is 0.946 bits per heavy atom. The lowest BCUT2D eigenvalue weighted by Gasteiger charge is -2.26. The molecule has 2 aliphatic rings. The minimum Gasteiger partial charge on any atom is -0.446 e. The van der Waals surface area contributed by atoms with Gasteiger partial charge in [-0.3, -0.25) is 10.1 Å². The fraction of sp³-hybridized carbons (Fsp3) is 0.500. The summed E-state index contributed by atoms with van der Waals surface area (Å²) in [7, 11) is 0. The molecule has 0 aromatic heterocycles. The minimum atomic E-state index is -0.446. The monoisotopic (exact) mass is 505 g/mol. The van der Waals surface area contributed by atoms with Crippen molar-refractivity contribution in [2.75, 3.05) is 5.32 Å². The third kappa shape index (κ3) is 8.15. The number of carbonyl (C=O) groups excluding carboxylic acids is 3. The van der Waals surface area contributed by atoms with Crippen molar-refractivity contribution in [3.8, 4) is 11.1 Å². The average Bonchev–Trinajstić information content (AvgIpc) is 2.91. The van der Waals surface area contributed by atoms with Crippen molar-refractivity contribution in [2.24, 2.45) is 11.7 Å². The molecule has 2 fully saturated rings. The van der Waals surface area contributed by atoms with E-state index in [9.17, 15) is 14.4 Å². The zero-order valence-corrected chi connectivity index (χ0v) is 21.5. The number of aldehydes is 1. The predicted molar refractivity (Wildman–Crippen MR) is 145 cm³/mol. The molecule has 2 aromatic carbocycles. The summed E-state index contributed by atoms with van der Waals surface area (Å²) in [5, 5.41) is 6.10. The number of benzene rings is 2. The van der Waals surface area contributed by atoms with Crippen LogP contribution in [0.5, 0.6) is 0 Å². The highest BCUT2D eigenvalue weighted by Crippen LogP contribution is 2.30. The van der Waals surface area contributed by atoms with Gasteiger partial charge in [0.2, 0.25) is 5.91 Å². The van der Waals surface area contributed by atoms with Crippen LogP contribution in [-0.4, -0.2) is 36.5 Å². The molecule has 0 radical (unpaired) electrons. The van der Waals surface area contributed by atoms with E-state index in [0.29, 0.717) is 18.5 Å². The van der Waals surface area contributed by atoms with Crippen molar-refractivity contribution in [3.63, 3.8) is 0 Å². The van der Waals surface area contributed by atoms with Crippen molar-refractivity contribution >= 4 is 24.0 Å². The number of hydrogen-bond donors (Lipinski definition) is 3. The first-order chi connectivity index (χ1) is 18.0. The highest BCUT2D eigenvalue weighted by molar-refractivity contribution is 5.91. The molecule has 2 aromatic rings. The van der Waals surface area contributed by atoms with Gasteiger partial charge in [0, 0.05) is 30.0 Å². The number of rotatable bonds is 9. The summed E-state index contributed by atoms with van der Waals surface area (Å²) in [4.78, 5) is 36.1. The molecule has 2 amide bonds. The number of anilines is 1. The van der Waals surface area contributed by atoms with Crippen LogP contribution in [0.15, 0.2) is 48.5 Å². The Labute approximate surface area is 219 Å². The molecule has 4 rings (SSSR count). The molecule has 2 saturated carbocycles. The second-order valence-electron chi connectivity index (χ2n) is 10.5. The van der Waals surface area contributed by atoms with Crippen LogP contribution in [0.3, 0.4) is 0 Å². The first kappa shape index (κ1) is 26.9. The summed E-state index contributed by atoms with van der Waals surface area (Å²) < 4.78 is 5.70. The van der Waals surface area contributed by atoms with Gasteiger partial charge in [-0.25, -0.2) is 4.79 Å². The summed E-state index contributed by atoms with van der Waals surface area (Å²) in [6.07, 6.45) is 9.16. The standard InChI is InChI=1S/C30H39N3O4/c31-24-12-16-26(17-13-24)37-30(36)33-28-19-21(11-18-27(28)23-6-2-1-3-7-23)5-4-8-29(35)32-25-14-9-22(20-34)10-15-25/h1-3,6-7,11,18-20,22,24-26H,4-5,8-10,12-17,31H2,(H,32,35)(H,33,36). The molecule has 7 heteroatoms. The van der Waals surface area contributed by atoms with E-state index in [4.69, 9.17) is 10.5 Å². The van der Waals surface area contributed by atoms with Crippen LogP contribution in [-0.2, 0) is 20.7 Å². The molecule has 0 unspecified atom stereocenters. The molecule has 0 spiro atoms. The Balaban J connectivity index is 1.34. The Kier molecular flexibility index (Phi) is 9.71. The fourth-order valence-electron chi connectivity index (χ4n) is 5.37. The number of carbonyl (C=O) groups is 3. The minimum absolute atomic E-state index is 0.0598. The lowest BCUT2D eigenvalue weighted by molar-refractivity contribution is -0.122. The maximum atomic E-state index is 12.8. The molecular formula is C30H39N3O4. The Bertz CT molecular complexity index is 1040. The SMILES string of the molecule is NC1CCC(OC(=O)Nc2cc(CCCC(=O)NC3CCC(C=O)CC3)ccc2-c2ccccc2)CC1. The zero-order chi connectivity index (χ0) is 26.0. The van der Waals surface area contributed by atoms with E-state index in [1.54, 1.807) is 0 Å². The summed E-state index contributed by atoms with van der Waals surface area (Å²) >= 11 is 0. The van der Waals surface area contributed by atoms with E-state index in [0.717, 1.165) is 80.8 Å². The van der Waals surface area contributed by atoms with Crippen molar-refractivity contribution in [2.45, 2.75) is 88.8 Å². The first-order valence-corrected chi connectivity index (χ1v) is 13.7. The van der Waals surface area contributed by atoms with Gasteiger partial charge >= 0.3 is 6.09 Å². The molecule has 198 valence electrons. The number of aryl methyl sites for hydroxylation is 1. The Morgan fingerprint density at radius 3 is 2.38 bits per heavy atom. The third-order valence-corrected chi connectivity index (χ3v) is 7.60. The largest absolute Gasteiger partial charge is 0.446 e. The second kappa shape index (κ2) is 13.4. The molecule has 7 nitrogen and oxygen atoms in total. The number of nitrogens with two attached hydrogens (primary N) is 1. The normalized spacial score (nSPS) is 23.6. The molecule has 0 saturated heterocycles. The van der Waals surface area contributed by atoms with Gasteiger partial charge in [0.25, 0.3) is 0 Å². The van der Waals surface area contributed by atoms with E-state index in [1.165, 1.54) is 0 Å². The van der Waals surface area contributed by atoms with E-state index in [1.807, 2.05) is 42.5 Å². The van der Waals surface area contributed by atoms with Gasteiger partial charge in [-0.05, 0) is 81.4 Å². The molecule has 0 bridgehead atoms. The molecule has 37 heavy (non-hydrogen) atoms. The van der Waals surface area contributed by atoms with Crippen molar-refractivity contribution in [3.05, 3.63) is 54.1 Å². The van der Waals surface area contributed by atoms with E-state index < -0.39 is 6.09 Å². The van der Waals surface area contributed by atoms with E-state index >= 15 is 0 Å². The van der Waals surface area contributed by atoms with Gasteiger partial charge in [-0.2, -0.15) is 0 Å². The summed E-state index contributed by atoms with van der Waals surface area (Å²) in [5.74, 6) is 0.206. The fourth-order valence-corrected chi connectivity index (χ4v) is 5.37. The van der Waals surface area contributed by atoms with Crippen molar-refractivity contribution in [1.82, 2.24) is 5.32 Å². The lowest BCUT2D eigenvalue weighted by atomic mass is 9.87. The third-order valence-electron chi connectivity index (χ3n) is 7.60. The quantitative estimate of drug-likeness (QED) is 0.397. The number of ether oxygens (including phenoxy) is 1. The van der Waals surface area contributed by atoms with Crippen molar-refractivity contribution < 1.29 is 19.1 Å². The number of hydrogen-bond acceptors (Lipinski definition) is 5. The van der Waals surface area contributed by atoms with Gasteiger partial charge in [0.05, 0.1) is 5.69 Å². The maximum absolute atomic E-state index is 12.8. The van der Waals surface area contributed by atoms with Gasteiger partial charge in [0.15, 0.2) is 0 Å². The Hall–Kier alpha value is -3.19. The van der Waals surface area contributed by atoms with Crippen LogP contribution in [0, 0.1) is 5.92 Å². The summed E-state index contributed by atoms with van der Waals surface area (Å²) in [5.41, 5.74) is 9.67. The van der Waals surface area contributed by atoms with Gasteiger partial charge in [-0.15, -0.1) is 0 Å². The smallest absolute Gasteiger partial charge is 0.411 e. The molecule has 0 heterocycles. The molecule has 0 aliphatic heterocycles. The van der Waals surface area contributed by atoms with Gasteiger partial charge in [-0.1, -0.05) is 42.5 Å². The summed E-state index contributed by atoms with van der Waals surface area (Å²) in [6, 6.07) is 16.4. The van der Waals surface area contributed by atoms with Crippen LogP contribution in [0.1, 0.15) is 69.8 Å². The maximum Gasteiger partial charge on any atom is 0.411 e. The van der Waals surface area contributed by atoms with E-state index in [-0.39, 0.29) is 30.0 Å². The van der Waals surface area contributed by atoms with Crippen LogP contribution >= 0.6 is 0 Å². The van der Waals surface area contributed by atoms with E-state index in [2.05, 4.69) is 16.7 Å². The van der Waals surface area contributed by atoms with Crippen LogP contribution in [0.4, 0.5) is 10.5 Å². The van der Waals surface area contributed by atoms with Crippen LogP contribution < -0.4 is 16.4 Å². The van der Waals surface area contributed by atoms with Gasteiger partial charge in [0.1, 0.15) is 12.4 Å². The number of amides is 2. The topological polar surface area (TPSA) is 111 Å². The molecular weight excluding hydrogens is 466 g/mol. The first-order valence-electron chi connectivity index (χ1n) is 13.7. The van der Waals surface area contributed by atoms with Gasteiger partial charge < -0.3 is 20.6 Å². The second-order valence-corrected chi connectivity index (χ2v) is 10.5. The highest BCUT2D eigenvalue weighted by Gasteiger charge is 2.23. The molecule has 0 atom stereocenters. The Morgan fingerprint density at radius 2 is 1.68 bits per heavy atom. The summed E-state index contributed by atoms with van der Waals surface area (Å²) in [6.45, 7) is 0.